The van der Waals surface area contributed by atoms with Crippen LogP contribution in [0.4, 0.5) is 0 Å². The van der Waals surface area contributed by atoms with Crippen LogP contribution < -0.4 is 0 Å². The van der Waals surface area contributed by atoms with Gasteiger partial charge in [-0.15, -0.1) is 0 Å². The third-order valence-corrected chi connectivity index (χ3v) is 3.53. The Labute approximate surface area is 106 Å². The third kappa shape index (κ3) is 2.59. The van der Waals surface area contributed by atoms with E-state index in [-0.39, 0.29) is 18.2 Å². The molecule has 1 heterocycles. The zero-order valence-electron chi connectivity index (χ0n) is 10.4. The minimum absolute atomic E-state index is 0.0143. The van der Waals surface area contributed by atoms with E-state index in [2.05, 4.69) is 0 Å². The molecule has 4 heteroatoms. The van der Waals surface area contributed by atoms with Crippen LogP contribution in [0, 0.1) is 0 Å². The maximum Gasteiger partial charge on any atom is 0.321 e. The molecule has 0 aromatic heterocycles. The van der Waals surface area contributed by atoms with Crippen LogP contribution in [0.3, 0.4) is 0 Å². The van der Waals surface area contributed by atoms with Crippen LogP contribution in [-0.4, -0.2) is 34.3 Å². The summed E-state index contributed by atoms with van der Waals surface area (Å²) in [5, 5.41) is 9.23. The van der Waals surface area contributed by atoms with Crippen molar-refractivity contribution in [2.75, 3.05) is 6.54 Å². The van der Waals surface area contributed by atoms with E-state index >= 15 is 0 Å². The van der Waals surface area contributed by atoms with E-state index in [0.717, 1.165) is 5.56 Å². The quantitative estimate of drug-likeness (QED) is 0.885. The molecule has 2 atom stereocenters. The summed E-state index contributed by atoms with van der Waals surface area (Å²) in [7, 11) is 0. The lowest BCUT2D eigenvalue weighted by atomic mass is 9.96. The molecule has 0 unspecified atom stereocenters. The maximum atomic E-state index is 11.4. The van der Waals surface area contributed by atoms with Gasteiger partial charge >= 0.3 is 5.97 Å². The first-order valence-electron chi connectivity index (χ1n) is 6.15. The lowest BCUT2D eigenvalue weighted by Gasteiger charge is -2.37. The van der Waals surface area contributed by atoms with Crippen molar-refractivity contribution in [3.63, 3.8) is 0 Å². The van der Waals surface area contributed by atoms with Gasteiger partial charge in [-0.05, 0) is 12.5 Å². The largest absolute Gasteiger partial charge is 0.480 e. The molecule has 0 bridgehead atoms. The average Bonchev–Trinajstić information content (AvgIpc) is 2.39. The lowest BCUT2D eigenvalue weighted by Crippen LogP contribution is -2.48. The van der Waals surface area contributed by atoms with Crippen LogP contribution in [0.2, 0.25) is 0 Å². The molecule has 2 rings (SSSR count). The molecule has 96 valence electrons. The number of carboxylic acids is 1. The highest BCUT2D eigenvalue weighted by Gasteiger charge is 2.35. The van der Waals surface area contributed by atoms with Crippen molar-refractivity contribution in [3.8, 4) is 0 Å². The highest BCUT2D eigenvalue weighted by atomic mass is 16.4. The first kappa shape index (κ1) is 12.8. The van der Waals surface area contributed by atoms with Crippen molar-refractivity contribution in [2.45, 2.75) is 31.8 Å². The van der Waals surface area contributed by atoms with Crippen LogP contribution in [-0.2, 0) is 9.59 Å². The highest BCUT2D eigenvalue weighted by Crippen LogP contribution is 2.27. The third-order valence-electron chi connectivity index (χ3n) is 3.53. The van der Waals surface area contributed by atoms with Crippen molar-refractivity contribution >= 4 is 11.8 Å². The maximum absolute atomic E-state index is 11.4. The van der Waals surface area contributed by atoms with Crippen LogP contribution in [0.25, 0.3) is 0 Å². The van der Waals surface area contributed by atoms with Gasteiger partial charge in [0.2, 0.25) is 0 Å². The van der Waals surface area contributed by atoms with Gasteiger partial charge in [0.05, 0.1) is 0 Å². The second-order valence-corrected chi connectivity index (χ2v) is 4.67. The summed E-state index contributed by atoms with van der Waals surface area (Å²) in [5.41, 5.74) is 1.08. The molecule has 0 amide bonds. The van der Waals surface area contributed by atoms with E-state index in [1.807, 2.05) is 42.2 Å². The average molecular weight is 247 g/mol. The van der Waals surface area contributed by atoms with Crippen LogP contribution in [0.1, 0.15) is 31.4 Å². The van der Waals surface area contributed by atoms with E-state index in [9.17, 15) is 14.7 Å². The minimum Gasteiger partial charge on any atom is -0.480 e. The SMILES string of the molecule is C[C@H](c1ccccc1)N1CCC(=O)C[C@@H]1C(=O)O. The van der Waals surface area contributed by atoms with Crippen molar-refractivity contribution in [1.29, 1.82) is 0 Å². The van der Waals surface area contributed by atoms with Crippen molar-refractivity contribution in [1.82, 2.24) is 4.90 Å². The van der Waals surface area contributed by atoms with E-state index in [1.165, 1.54) is 0 Å². The topological polar surface area (TPSA) is 57.6 Å². The Morgan fingerprint density at radius 2 is 2.06 bits per heavy atom. The smallest absolute Gasteiger partial charge is 0.321 e. The molecular formula is C14H17NO3. The van der Waals surface area contributed by atoms with E-state index in [4.69, 9.17) is 0 Å². The van der Waals surface area contributed by atoms with Gasteiger partial charge in [0.1, 0.15) is 11.8 Å². The monoisotopic (exact) mass is 247 g/mol. The van der Waals surface area contributed by atoms with Crippen molar-refractivity contribution in [3.05, 3.63) is 35.9 Å². The molecule has 4 nitrogen and oxygen atoms in total. The van der Waals surface area contributed by atoms with Gasteiger partial charge in [-0.2, -0.15) is 0 Å². The minimum atomic E-state index is -0.911. The normalized spacial score (nSPS) is 22.7. The summed E-state index contributed by atoms with van der Waals surface area (Å²) in [5.74, 6) is -0.871. The number of carbonyl (C=O) groups excluding carboxylic acids is 1. The Hall–Kier alpha value is -1.68. The van der Waals surface area contributed by atoms with Gasteiger partial charge < -0.3 is 5.11 Å². The summed E-state index contributed by atoms with van der Waals surface area (Å²) in [6.07, 6.45) is 0.563. The summed E-state index contributed by atoms with van der Waals surface area (Å²) < 4.78 is 0. The summed E-state index contributed by atoms with van der Waals surface area (Å²) >= 11 is 0. The number of piperidine rings is 1. The van der Waals surface area contributed by atoms with Crippen LogP contribution >= 0.6 is 0 Å². The van der Waals surface area contributed by atoms with E-state index in [0.29, 0.717) is 13.0 Å². The van der Waals surface area contributed by atoms with Crippen molar-refractivity contribution in [2.24, 2.45) is 0 Å². The summed E-state index contributed by atoms with van der Waals surface area (Å²) in [6.45, 7) is 2.51. The molecule has 1 aromatic rings. The zero-order chi connectivity index (χ0) is 13.1. The first-order chi connectivity index (χ1) is 8.59. The molecule has 1 aliphatic rings. The molecule has 1 saturated heterocycles. The molecule has 18 heavy (non-hydrogen) atoms. The molecular weight excluding hydrogens is 230 g/mol. The van der Waals surface area contributed by atoms with Gasteiger partial charge in [-0.3, -0.25) is 14.5 Å². The number of Topliss-reactive ketones (excluding diaryl/α,β-unsaturated/α-hetero) is 1. The van der Waals surface area contributed by atoms with Crippen molar-refractivity contribution < 1.29 is 14.7 Å². The fourth-order valence-corrected chi connectivity index (χ4v) is 2.46. The van der Waals surface area contributed by atoms with Gasteiger partial charge in [-0.25, -0.2) is 0 Å². The second kappa shape index (κ2) is 5.31. The Morgan fingerprint density at radius 1 is 1.39 bits per heavy atom. The summed E-state index contributed by atoms with van der Waals surface area (Å²) in [4.78, 5) is 24.5. The number of likely N-dealkylation sites (tertiary alicyclic amines) is 1. The summed E-state index contributed by atoms with van der Waals surface area (Å²) in [6, 6.07) is 9.11. The number of hydrogen-bond acceptors (Lipinski definition) is 3. The first-order valence-corrected chi connectivity index (χ1v) is 6.15. The molecule has 0 spiro atoms. The van der Waals surface area contributed by atoms with Gasteiger partial charge in [0, 0.05) is 25.4 Å². The Morgan fingerprint density at radius 3 is 2.67 bits per heavy atom. The van der Waals surface area contributed by atoms with Gasteiger partial charge in [0.15, 0.2) is 0 Å². The molecule has 0 saturated carbocycles. The number of carboxylic acid groups (broad SMARTS) is 1. The molecule has 1 fully saturated rings. The fraction of sp³-hybridized carbons (Fsp3) is 0.429. The van der Waals surface area contributed by atoms with Gasteiger partial charge in [0.25, 0.3) is 0 Å². The standard InChI is InChI=1S/C14H17NO3/c1-10(11-5-3-2-4-6-11)15-8-7-12(16)9-13(15)14(17)18/h2-6,10,13H,7-9H2,1H3,(H,17,18)/t10-,13-/m1/s1. The zero-order valence-corrected chi connectivity index (χ0v) is 10.4. The van der Waals surface area contributed by atoms with Crippen LogP contribution in [0.15, 0.2) is 30.3 Å². The number of hydrogen-bond donors (Lipinski definition) is 1. The lowest BCUT2D eigenvalue weighted by molar-refractivity contribution is -0.148. The number of nitrogens with zero attached hydrogens (tertiary/aromatic N) is 1. The predicted octanol–water partition coefficient (Wildman–Crippen LogP) is 1.87. The molecule has 1 N–H and O–H groups in total. The number of benzene rings is 1. The molecule has 0 aliphatic carbocycles. The number of aliphatic carboxylic acids is 1. The van der Waals surface area contributed by atoms with Crippen LogP contribution in [0.5, 0.6) is 0 Å². The molecule has 0 radical (unpaired) electrons. The number of ketones is 1. The number of carbonyl (C=O) groups is 2. The van der Waals surface area contributed by atoms with E-state index in [1.54, 1.807) is 0 Å². The highest BCUT2D eigenvalue weighted by molar-refractivity contribution is 5.87. The fourth-order valence-electron chi connectivity index (χ4n) is 2.46. The number of rotatable bonds is 3. The molecule has 1 aliphatic heterocycles. The Bertz CT molecular complexity index is 444. The Balaban J connectivity index is 2.20. The second-order valence-electron chi connectivity index (χ2n) is 4.67. The van der Waals surface area contributed by atoms with Gasteiger partial charge in [-0.1, -0.05) is 30.3 Å². The van der Waals surface area contributed by atoms with E-state index < -0.39 is 12.0 Å². The predicted molar refractivity (Wildman–Crippen MR) is 67.2 cm³/mol. The molecule has 1 aromatic carbocycles. The Kier molecular flexibility index (Phi) is 3.77.